The summed E-state index contributed by atoms with van der Waals surface area (Å²) in [5.74, 6) is 1.32. The smallest absolute Gasteiger partial charge is 0.151 e. The van der Waals surface area contributed by atoms with E-state index in [1.54, 1.807) is 0 Å². The maximum absolute atomic E-state index is 5.79. The van der Waals surface area contributed by atoms with Crippen LogP contribution in [0.5, 0.6) is 0 Å². The SMILES string of the molecule is CN1CCN(c2ccc(CCl)nn2)C(c2ccccc2)C1. The molecule has 1 unspecified atom stereocenters. The third kappa shape index (κ3) is 3.17. The summed E-state index contributed by atoms with van der Waals surface area (Å²) in [6.45, 7) is 2.97. The molecule has 21 heavy (non-hydrogen) atoms. The van der Waals surface area contributed by atoms with Crippen LogP contribution in [0.3, 0.4) is 0 Å². The first-order chi connectivity index (χ1) is 10.3. The number of piperazine rings is 1. The van der Waals surface area contributed by atoms with Crippen LogP contribution < -0.4 is 4.90 Å². The third-order valence-electron chi connectivity index (χ3n) is 3.90. The van der Waals surface area contributed by atoms with Crippen molar-refractivity contribution in [2.45, 2.75) is 11.9 Å². The molecule has 0 bridgehead atoms. The summed E-state index contributed by atoms with van der Waals surface area (Å²) in [4.78, 5) is 4.69. The fourth-order valence-electron chi connectivity index (χ4n) is 2.73. The molecule has 0 amide bonds. The lowest BCUT2D eigenvalue weighted by Gasteiger charge is -2.40. The number of nitrogens with zero attached hydrogens (tertiary/aromatic N) is 4. The van der Waals surface area contributed by atoms with E-state index in [-0.39, 0.29) is 0 Å². The van der Waals surface area contributed by atoms with Gasteiger partial charge in [0.2, 0.25) is 0 Å². The molecule has 2 aromatic rings. The Labute approximate surface area is 130 Å². The van der Waals surface area contributed by atoms with E-state index < -0.39 is 0 Å². The number of alkyl halides is 1. The zero-order chi connectivity index (χ0) is 14.7. The lowest BCUT2D eigenvalue weighted by molar-refractivity contribution is 0.268. The van der Waals surface area contributed by atoms with Crippen LogP contribution in [-0.2, 0) is 5.88 Å². The Hall–Kier alpha value is -1.65. The quantitative estimate of drug-likeness (QED) is 0.816. The lowest BCUT2D eigenvalue weighted by atomic mass is 10.0. The molecule has 2 heterocycles. The summed E-state index contributed by atoms with van der Waals surface area (Å²) < 4.78 is 0. The number of hydrogen-bond donors (Lipinski definition) is 0. The van der Waals surface area contributed by atoms with E-state index in [0.717, 1.165) is 31.1 Å². The molecule has 1 saturated heterocycles. The van der Waals surface area contributed by atoms with Crippen molar-refractivity contribution in [3.8, 4) is 0 Å². The predicted octanol–water partition coefficient (Wildman–Crippen LogP) is 2.71. The number of hydrogen-bond acceptors (Lipinski definition) is 4. The number of likely N-dealkylation sites (N-methyl/N-ethyl adjacent to an activating group) is 1. The molecule has 1 aliphatic rings. The van der Waals surface area contributed by atoms with Crippen LogP contribution in [0, 0.1) is 0 Å². The highest BCUT2D eigenvalue weighted by Crippen LogP contribution is 2.28. The van der Waals surface area contributed by atoms with Crippen LogP contribution in [0.25, 0.3) is 0 Å². The van der Waals surface area contributed by atoms with E-state index in [1.807, 2.05) is 12.1 Å². The molecular weight excluding hydrogens is 284 g/mol. The highest BCUT2D eigenvalue weighted by molar-refractivity contribution is 6.16. The standard InChI is InChI=1S/C16H19ClN4/c1-20-9-10-21(16-8-7-14(11-17)18-19-16)15(12-20)13-5-3-2-4-6-13/h2-8,15H,9-12H2,1H3. The maximum Gasteiger partial charge on any atom is 0.151 e. The molecule has 5 heteroatoms. The first kappa shape index (κ1) is 14.3. The topological polar surface area (TPSA) is 32.3 Å². The number of rotatable bonds is 3. The van der Waals surface area contributed by atoms with Gasteiger partial charge in [0.25, 0.3) is 0 Å². The minimum Gasteiger partial charge on any atom is -0.346 e. The van der Waals surface area contributed by atoms with E-state index in [4.69, 9.17) is 11.6 Å². The van der Waals surface area contributed by atoms with Crippen LogP contribution >= 0.6 is 11.6 Å². The molecule has 4 nitrogen and oxygen atoms in total. The molecule has 0 radical (unpaired) electrons. The molecule has 110 valence electrons. The average molecular weight is 303 g/mol. The van der Waals surface area contributed by atoms with Gasteiger partial charge < -0.3 is 9.80 Å². The fraction of sp³-hybridized carbons (Fsp3) is 0.375. The molecule has 1 atom stereocenters. The first-order valence-corrected chi connectivity index (χ1v) is 7.70. The molecule has 1 aromatic carbocycles. The van der Waals surface area contributed by atoms with Gasteiger partial charge in [0.15, 0.2) is 5.82 Å². The van der Waals surface area contributed by atoms with Crippen LogP contribution in [0.15, 0.2) is 42.5 Å². The van der Waals surface area contributed by atoms with Crippen LogP contribution in [0.1, 0.15) is 17.3 Å². The van der Waals surface area contributed by atoms with E-state index in [1.165, 1.54) is 5.56 Å². The van der Waals surface area contributed by atoms with Gasteiger partial charge in [-0.1, -0.05) is 30.3 Å². The second-order valence-electron chi connectivity index (χ2n) is 5.40. The number of halogens is 1. The zero-order valence-corrected chi connectivity index (χ0v) is 12.9. The molecule has 0 N–H and O–H groups in total. The van der Waals surface area contributed by atoms with Gasteiger partial charge >= 0.3 is 0 Å². The van der Waals surface area contributed by atoms with E-state index in [9.17, 15) is 0 Å². The van der Waals surface area contributed by atoms with Gasteiger partial charge in [0.1, 0.15) is 0 Å². The van der Waals surface area contributed by atoms with Crippen molar-refractivity contribution < 1.29 is 0 Å². The lowest BCUT2D eigenvalue weighted by Crippen LogP contribution is -2.47. The van der Waals surface area contributed by atoms with Gasteiger partial charge in [0.05, 0.1) is 17.6 Å². The molecule has 1 aliphatic heterocycles. The Balaban J connectivity index is 1.90. The highest BCUT2D eigenvalue weighted by Gasteiger charge is 2.27. The first-order valence-electron chi connectivity index (χ1n) is 7.16. The van der Waals surface area contributed by atoms with Crippen LogP contribution in [0.4, 0.5) is 5.82 Å². The largest absolute Gasteiger partial charge is 0.346 e. The highest BCUT2D eigenvalue weighted by atomic mass is 35.5. The Kier molecular flexibility index (Phi) is 4.36. The van der Waals surface area contributed by atoms with E-state index in [0.29, 0.717) is 11.9 Å². The summed E-state index contributed by atoms with van der Waals surface area (Å²) in [5.41, 5.74) is 2.12. The second-order valence-corrected chi connectivity index (χ2v) is 5.67. The molecule has 1 aromatic heterocycles. The number of benzene rings is 1. The third-order valence-corrected chi connectivity index (χ3v) is 4.18. The van der Waals surface area contributed by atoms with Gasteiger partial charge in [-0.15, -0.1) is 16.7 Å². The molecule has 1 fully saturated rings. The normalized spacial score (nSPS) is 19.7. The van der Waals surface area contributed by atoms with Crippen molar-refractivity contribution in [2.24, 2.45) is 0 Å². The van der Waals surface area contributed by atoms with Crippen molar-refractivity contribution >= 4 is 17.4 Å². The number of aromatic nitrogens is 2. The summed E-state index contributed by atoms with van der Waals surface area (Å²) in [6.07, 6.45) is 0. The van der Waals surface area contributed by atoms with Crippen molar-refractivity contribution in [2.75, 3.05) is 31.6 Å². The molecule has 0 spiro atoms. The second kappa shape index (κ2) is 6.41. The van der Waals surface area contributed by atoms with Crippen molar-refractivity contribution in [3.05, 3.63) is 53.7 Å². The van der Waals surface area contributed by atoms with Gasteiger partial charge in [0, 0.05) is 19.6 Å². The minimum atomic E-state index is 0.307. The van der Waals surface area contributed by atoms with E-state index in [2.05, 4.69) is 57.4 Å². The monoisotopic (exact) mass is 302 g/mol. The van der Waals surface area contributed by atoms with Crippen LogP contribution in [0.2, 0.25) is 0 Å². The Bertz CT molecular complexity index is 573. The summed E-state index contributed by atoms with van der Waals surface area (Å²) in [7, 11) is 2.16. The van der Waals surface area contributed by atoms with Gasteiger partial charge in [-0.05, 0) is 24.7 Å². The Morgan fingerprint density at radius 3 is 2.57 bits per heavy atom. The van der Waals surface area contributed by atoms with Gasteiger partial charge in [-0.25, -0.2) is 0 Å². The average Bonchev–Trinajstić information content (AvgIpc) is 2.56. The molecular formula is C16H19ClN4. The number of anilines is 1. The van der Waals surface area contributed by atoms with Gasteiger partial charge in [-0.3, -0.25) is 0 Å². The summed E-state index contributed by atoms with van der Waals surface area (Å²) in [6, 6.07) is 14.9. The van der Waals surface area contributed by atoms with Crippen LogP contribution in [-0.4, -0.2) is 41.8 Å². The van der Waals surface area contributed by atoms with Crippen molar-refractivity contribution in [1.29, 1.82) is 0 Å². The predicted molar refractivity (Wildman–Crippen MR) is 85.6 cm³/mol. The molecule has 3 rings (SSSR count). The summed E-state index contributed by atoms with van der Waals surface area (Å²) in [5, 5.41) is 8.53. The molecule has 0 aliphatic carbocycles. The van der Waals surface area contributed by atoms with Crippen molar-refractivity contribution in [3.63, 3.8) is 0 Å². The Morgan fingerprint density at radius 1 is 1.10 bits per heavy atom. The zero-order valence-electron chi connectivity index (χ0n) is 12.1. The Morgan fingerprint density at radius 2 is 1.90 bits per heavy atom. The summed E-state index contributed by atoms with van der Waals surface area (Å²) >= 11 is 5.79. The van der Waals surface area contributed by atoms with Crippen molar-refractivity contribution in [1.82, 2.24) is 15.1 Å². The molecule has 0 saturated carbocycles. The maximum atomic E-state index is 5.79. The fourth-order valence-corrected chi connectivity index (χ4v) is 2.87. The minimum absolute atomic E-state index is 0.307. The van der Waals surface area contributed by atoms with Gasteiger partial charge in [-0.2, -0.15) is 5.10 Å². The van der Waals surface area contributed by atoms with E-state index >= 15 is 0 Å².